The van der Waals surface area contributed by atoms with Gasteiger partial charge in [-0.2, -0.15) is 0 Å². The van der Waals surface area contributed by atoms with E-state index in [2.05, 4.69) is 59.9 Å². The summed E-state index contributed by atoms with van der Waals surface area (Å²) < 4.78 is 47.6. The van der Waals surface area contributed by atoms with Crippen LogP contribution in [-0.4, -0.2) is 90.2 Å². The van der Waals surface area contributed by atoms with Gasteiger partial charge in [-0.15, -0.1) is 0 Å². The van der Waals surface area contributed by atoms with E-state index in [1.165, 1.54) is 11.1 Å². The molecule has 8 nitrogen and oxygen atoms in total. The summed E-state index contributed by atoms with van der Waals surface area (Å²) in [6, 6.07) is 0. The second-order valence-corrected chi connectivity index (χ2v) is 18.2. The Morgan fingerprint density at radius 1 is 0.784 bits per heavy atom. The number of aliphatic hydroxyl groups excluding tert-OH is 1. The Labute approximate surface area is 307 Å². The molecule has 0 aliphatic carbocycles. The Kier molecular flexibility index (Phi) is 10.7. The fourth-order valence-electron chi connectivity index (χ4n) is 11.1. The molecule has 0 saturated carbocycles. The molecule has 0 radical (unpaired) electrons. The molecule has 9 aliphatic rings. The zero-order valence-corrected chi connectivity index (χ0v) is 32.0. The van der Waals surface area contributed by atoms with Crippen LogP contribution in [0, 0.1) is 29.6 Å². The minimum atomic E-state index is -0.650. The van der Waals surface area contributed by atoms with Gasteiger partial charge in [0, 0.05) is 25.2 Å². The van der Waals surface area contributed by atoms with Crippen LogP contribution in [0.3, 0.4) is 0 Å². The highest BCUT2D eigenvalue weighted by Gasteiger charge is 2.67. The highest BCUT2D eigenvalue weighted by molar-refractivity contribution is 5.14. The van der Waals surface area contributed by atoms with E-state index in [0.717, 1.165) is 77.0 Å². The number of ether oxygens (including phenoxy) is 7. The Morgan fingerprint density at radius 2 is 1.53 bits per heavy atom. The number of fused-ring (bicyclic) bond motifs is 6. The third-order valence-corrected chi connectivity index (χ3v) is 14.6. The third-order valence-electron chi connectivity index (χ3n) is 14.6. The highest BCUT2D eigenvalue weighted by atomic mass is 16.8. The van der Waals surface area contributed by atoms with Gasteiger partial charge in [0.1, 0.15) is 18.3 Å². The molecule has 4 unspecified atom stereocenters. The molecule has 1 spiro atoms. The van der Waals surface area contributed by atoms with Crippen molar-refractivity contribution in [2.24, 2.45) is 29.6 Å². The van der Waals surface area contributed by atoms with Crippen molar-refractivity contribution in [1.82, 2.24) is 0 Å². The smallest absolute Gasteiger partial charge is 0.172 e. The van der Waals surface area contributed by atoms with Gasteiger partial charge in [-0.1, -0.05) is 66.3 Å². The van der Waals surface area contributed by atoms with Crippen LogP contribution in [0.1, 0.15) is 118 Å². The molecular formula is C43H66O8. The van der Waals surface area contributed by atoms with Crippen molar-refractivity contribution in [3.05, 3.63) is 36.5 Å². The summed E-state index contributed by atoms with van der Waals surface area (Å²) in [5, 5.41) is 11.5. The molecule has 19 atom stereocenters. The maximum Gasteiger partial charge on any atom is 0.172 e. The van der Waals surface area contributed by atoms with E-state index in [4.69, 9.17) is 33.2 Å². The minimum absolute atomic E-state index is 0.0146. The second kappa shape index (κ2) is 14.9. The first-order valence-corrected chi connectivity index (χ1v) is 20.8. The van der Waals surface area contributed by atoms with Crippen molar-refractivity contribution in [2.75, 3.05) is 0 Å². The first-order valence-electron chi connectivity index (χ1n) is 20.8. The van der Waals surface area contributed by atoms with Crippen LogP contribution in [0.4, 0.5) is 0 Å². The van der Waals surface area contributed by atoms with E-state index < -0.39 is 11.9 Å². The molecule has 8 fully saturated rings. The van der Waals surface area contributed by atoms with Gasteiger partial charge in [-0.05, 0) is 92.6 Å². The standard InChI is InChI=1S/C43H66O8/c1-8-23(2)17-35-27(6)32-20-29(44)11-9-10-12-34-28(7)39-41-42(48-34)40-38(49-41)22-43(50-39,51-40)16-15-31-19-25(4)33(45-31)14-13-30-18-24(3)26(5)36(46-30)21-37(32)47-35/h9-10,23-24,27-42,44H,4-5,8,11-22H2,1-3,6-7H3/b10-9+/t23-,24-,27-,28?,29?,30+,31+,32-,33?,34+,35-,36?,37+,38-,39+,40+,41+,42+,43-/m1/s1. The molecule has 51 heavy (non-hydrogen) atoms. The van der Waals surface area contributed by atoms with E-state index in [1.807, 2.05) is 0 Å². The van der Waals surface area contributed by atoms with Crippen LogP contribution in [0.25, 0.3) is 0 Å². The first kappa shape index (κ1) is 36.9. The van der Waals surface area contributed by atoms with Gasteiger partial charge in [0.15, 0.2) is 5.79 Å². The van der Waals surface area contributed by atoms with E-state index >= 15 is 0 Å². The predicted molar refractivity (Wildman–Crippen MR) is 195 cm³/mol. The molecular weight excluding hydrogens is 644 g/mol. The summed E-state index contributed by atoms with van der Waals surface area (Å²) in [6.07, 6.45) is 15.4. The van der Waals surface area contributed by atoms with Crippen molar-refractivity contribution in [1.29, 1.82) is 0 Å². The van der Waals surface area contributed by atoms with Crippen LogP contribution in [0.5, 0.6) is 0 Å². The second-order valence-electron chi connectivity index (χ2n) is 18.2. The fraction of sp³-hybridized carbons (Fsp3) is 0.860. The predicted octanol–water partition coefficient (Wildman–Crippen LogP) is 7.61. The number of hydrogen-bond acceptors (Lipinski definition) is 8. The van der Waals surface area contributed by atoms with Crippen molar-refractivity contribution in [3.8, 4) is 0 Å². The quantitative estimate of drug-likeness (QED) is 0.300. The van der Waals surface area contributed by atoms with Crippen molar-refractivity contribution < 1.29 is 38.3 Å². The van der Waals surface area contributed by atoms with Crippen LogP contribution >= 0.6 is 0 Å². The van der Waals surface area contributed by atoms with Crippen molar-refractivity contribution in [3.63, 3.8) is 0 Å². The van der Waals surface area contributed by atoms with Crippen molar-refractivity contribution >= 4 is 0 Å². The topological polar surface area (TPSA) is 84.8 Å². The summed E-state index contributed by atoms with van der Waals surface area (Å²) >= 11 is 0. The number of rotatable bonds is 3. The van der Waals surface area contributed by atoms with E-state index in [-0.39, 0.29) is 85.1 Å². The lowest BCUT2D eigenvalue weighted by atomic mass is 9.78. The normalized spacial score (nSPS) is 52.9. The molecule has 0 aromatic rings. The molecule has 0 amide bonds. The highest BCUT2D eigenvalue weighted by Crippen LogP contribution is 2.54. The average molecular weight is 711 g/mol. The largest absolute Gasteiger partial charge is 0.393 e. The van der Waals surface area contributed by atoms with Gasteiger partial charge in [0.05, 0.1) is 61.0 Å². The van der Waals surface area contributed by atoms with E-state index in [9.17, 15) is 5.11 Å². The summed E-state index contributed by atoms with van der Waals surface area (Å²) in [5.41, 5.74) is 2.39. The molecule has 8 heteroatoms. The number of aliphatic hydroxyl groups is 1. The van der Waals surface area contributed by atoms with Gasteiger partial charge >= 0.3 is 0 Å². The fourth-order valence-corrected chi connectivity index (χ4v) is 11.1. The number of hydrogen-bond donors (Lipinski definition) is 1. The first-order chi connectivity index (χ1) is 24.5. The summed E-state index contributed by atoms with van der Waals surface area (Å²) in [6.45, 7) is 20.5. The van der Waals surface area contributed by atoms with E-state index in [1.54, 1.807) is 0 Å². The summed E-state index contributed by atoms with van der Waals surface area (Å²) in [5.74, 6) is 1.15. The molecule has 9 heterocycles. The summed E-state index contributed by atoms with van der Waals surface area (Å²) in [4.78, 5) is 0. The van der Waals surface area contributed by atoms with Crippen LogP contribution in [-0.2, 0) is 33.2 Å². The zero-order chi connectivity index (χ0) is 35.6. The molecule has 11 bridgehead atoms. The maximum atomic E-state index is 11.5. The molecule has 286 valence electrons. The lowest BCUT2D eigenvalue weighted by Crippen LogP contribution is -2.54. The molecule has 9 aliphatic heterocycles. The zero-order valence-electron chi connectivity index (χ0n) is 32.0. The third kappa shape index (κ3) is 7.24. The summed E-state index contributed by atoms with van der Waals surface area (Å²) in [7, 11) is 0. The molecule has 0 aromatic heterocycles. The average Bonchev–Trinajstić information content (AvgIpc) is 3.76. The lowest BCUT2D eigenvalue weighted by Gasteiger charge is -2.42. The monoisotopic (exact) mass is 710 g/mol. The molecule has 1 N–H and O–H groups in total. The van der Waals surface area contributed by atoms with Crippen LogP contribution in [0.15, 0.2) is 36.5 Å². The van der Waals surface area contributed by atoms with E-state index in [0.29, 0.717) is 24.2 Å². The van der Waals surface area contributed by atoms with Gasteiger partial charge < -0.3 is 38.3 Å². The lowest BCUT2D eigenvalue weighted by molar-refractivity contribution is -0.262. The van der Waals surface area contributed by atoms with Crippen LogP contribution in [0.2, 0.25) is 0 Å². The molecule has 8 saturated heterocycles. The Bertz CT molecular complexity index is 1300. The molecule has 9 rings (SSSR count). The van der Waals surface area contributed by atoms with Gasteiger partial charge in [0.25, 0.3) is 0 Å². The minimum Gasteiger partial charge on any atom is -0.393 e. The SMILES string of the molecule is C=C1C[C@@H]2CC[C@@]34C[C@H]5O[C@@H]6[C@@H](O[C@@H](C/C=C/CC(O)C[C@@H]7[C@@H](C)[C@@H](C[C@H](C)CC)O[C@H]7CC7O[C@@H](CCC1O2)C[C@@H](C)C7=C)C(C)[C@@H]6O3)[C@H]5O4. The van der Waals surface area contributed by atoms with Gasteiger partial charge in [0.2, 0.25) is 0 Å². The maximum absolute atomic E-state index is 11.5. The van der Waals surface area contributed by atoms with Crippen LogP contribution < -0.4 is 0 Å². The van der Waals surface area contributed by atoms with Crippen molar-refractivity contribution in [2.45, 2.75) is 203 Å². The molecule has 0 aromatic carbocycles. The van der Waals surface area contributed by atoms with Gasteiger partial charge in [-0.25, -0.2) is 0 Å². The van der Waals surface area contributed by atoms with Gasteiger partial charge in [-0.3, -0.25) is 0 Å². The Hall–Kier alpha value is -1.10. The Morgan fingerprint density at radius 3 is 2.35 bits per heavy atom. The Balaban J connectivity index is 1.02.